The van der Waals surface area contributed by atoms with Crippen molar-refractivity contribution in [3.8, 4) is 0 Å². The van der Waals surface area contributed by atoms with E-state index in [1.54, 1.807) is 0 Å². The van der Waals surface area contributed by atoms with Gasteiger partial charge in [0.05, 0.1) is 0 Å². The standard InChI is InChI=1S/C14H30N2/c1-6-12(4)10-16(5)14-8-7-13(14)9-15-11(2)3/h11-15H,6-10H2,1-5H3. The molecular formula is C14H30N2. The van der Waals surface area contributed by atoms with Crippen molar-refractivity contribution in [1.29, 1.82) is 0 Å². The average molecular weight is 226 g/mol. The van der Waals surface area contributed by atoms with Gasteiger partial charge in [-0.1, -0.05) is 34.1 Å². The van der Waals surface area contributed by atoms with Crippen LogP contribution in [0.2, 0.25) is 0 Å². The zero-order valence-electron chi connectivity index (χ0n) is 11.8. The molecule has 1 aliphatic rings. The summed E-state index contributed by atoms with van der Waals surface area (Å²) >= 11 is 0. The molecule has 0 aromatic rings. The molecule has 2 nitrogen and oxygen atoms in total. The lowest BCUT2D eigenvalue weighted by Gasteiger charge is -2.44. The van der Waals surface area contributed by atoms with Crippen LogP contribution < -0.4 is 5.32 Å². The van der Waals surface area contributed by atoms with Crippen molar-refractivity contribution in [2.45, 2.75) is 59.0 Å². The molecule has 1 rings (SSSR count). The summed E-state index contributed by atoms with van der Waals surface area (Å²) in [4.78, 5) is 2.59. The van der Waals surface area contributed by atoms with Crippen LogP contribution in [0.4, 0.5) is 0 Å². The second-order valence-electron chi connectivity index (χ2n) is 5.92. The van der Waals surface area contributed by atoms with Gasteiger partial charge in [0.1, 0.15) is 0 Å². The van der Waals surface area contributed by atoms with Gasteiger partial charge in [0.15, 0.2) is 0 Å². The molecule has 0 amide bonds. The highest BCUT2D eigenvalue weighted by Crippen LogP contribution is 2.31. The molecule has 0 aromatic heterocycles. The van der Waals surface area contributed by atoms with Crippen molar-refractivity contribution in [3.05, 3.63) is 0 Å². The number of rotatable bonds is 7. The lowest BCUT2D eigenvalue weighted by atomic mass is 9.78. The van der Waals surface area contributed by atoms with Crippen LogP contribution in [0.3, 0.4) is 0 Å². The van der Waals surface area contributed by atoms with Crippen molar-refractivity contribution in [2.24, 2.45) is 11.8 Å². The lowest BCUT2D eigenvalue weighted by Crippen LogP contribution is -2.50. The summed E-state index contributed by atoms with van der Waals surface area (Å²) in [6.07, 6.45) is 4.11. The van der Waals surface area contributed by atoms with E-state index in [1.165, 1.54) is 32.4 Å². The Bertz CT molecular complexity index is 191. The Morgan fingerprint density at radius 2 is 1.94 bits per heavy atom. The van der Waals surface area contributed by atoms with Crippen LogP contribution in [-0.4, -0.2) is 37.1 Å². The van der Waals surface area contributed by atoms with E-state index in [4.69, 9.17) is 0 Å². The predicted molar refractivity (Wildman–Crippen MR) is 71.7 cm³/mol. The second-order valence-corrected chi connectivity index (χ2v) is 5.92. The van der Waals surface area contributed by atoms with E-state index in [1.807, 2.05) is 0 Å². The normalized spacial score (nSPS) is 27.2. The Kier molecular flexibility index (Phi) is 5.77. The van der Waals surface area contributed by atoms with Gasteiger partial charge in [-0.2, -0.15) is 0 Å². The van der Waals surface area contributed by atoms with Crippen molar-refractivity contribution in [3.63, 3.8) is 0 Å². The maximum Gasteiger partial charge on any atom is 0.0133 e. The maximum atomic E-state index is 3.57. The fourth-order valence-electron chi connectivity index (χ4n) is 2.51. The molecule has 0 heterocycles. The van der Waals surface area contributed by atoms with Gasteiger partial charge in [0.25, 0.3) is 0 Å². The third-order valence-electron chi connectivity index (χ3n) is 4.03. The number of nitrogens with one attached hydrogen (secondary N) is 1. The zero-order valence-corrected chi connectivity index (χ0v) is 11.8. The Labute approximate surface area is 102 Å². The number of nitrogens with zero attached hydrogens (tertiary/aromatic N) is 1. The second kappa shape index (κ2) is 6.61. The molecule has 1 N–H and O–H groups in total. The summed E-state index contributed by atoms with van der Waals surface area (Å²) in [6, 6.07) is 1.46. The third-order valence-corrected chi connectivity index (χ3v) is 4.03. The minimum absolute atomic E-state index is 0.626. The predicted octanol–water partition coefficient (Wildman–Crippen LogP) is 2.74. The monoisotopic (exact) mass is 226 g/mol. The Morgan fingerprint density at radius 3 is 2.38 bits per heavy atom. The van der Waals surface area contributed by atoms with Gasteiger partial charge in [0.2, 0.25) is 0 Å². The summed E-state index contributed by atoms with van der Waals surface area (Å²) in [6.45, 7) is 11.6. The topological polar surface area (TPSA) is 15.3 Å². The molecule has 1 saturated carbocycles. The van der Waals surface area contributed by atoms with E-state index in [9.17, 15) is 0 Å². The molecule has 0 aliphatic heterocycles. The first-order valence-electron chi connectivity index (χ1n) is 6.98. The van der Waals surface area contributed by atoms with Crippen LogP contribution >= 0.6 is 0 Å². The van der Waals surface area contributed by atoms with Crippen LogP contribution in [0, 0.1) is 11.8 Å². The SMILES string of the molecule is CCC(C)CN(C)C1CCC1CNC(C)C. The molecule has 96 valence electrons. The van der Waals surface area contributed by atoms with Gasteiger partial charge in [-0.3, -0.25) is 0 Å². The van der Waals surface area contributed by atoms with Crippen LogP contribution in [0.25, 0.3) is 0 Å². The fraction of sp³-hybridized carbons (Fsp3) is 1.00. The molecule has 3 atom stereocenters. The van der Waals surface area contributed by atoms with Gasteiger partial charge < -0.3 is 10.2 Å². The van der Waals surface area contributed by atoms with E-state index >= 15 is 0 Å². The number of hydrogen-bond acceptors (Lipinski definition) is 2. The Hall–Kier alpha value is -0.0800. The minimum Gasteiger partial charge on any atom is -0.314 e. The maximum absolute atomic E-state index is 3.57. The quantitative estimate of drug-likeness (QED) is 0.718. The molecule has 1 fully saturated rings. The Balaban J connectivity index is 2.25. The molecule has 2 heteroatoms. The summed E-state index contributed by atoms with van der Waals surface area (Å²) < 4.78 is 0. The summed E-state index contributed by atoms with van der Waals surface area (Å²) in [5.74, 6) is 1.72. The minimum atomic E-state index is 0.626. The summed E-state index contributed by atoms with van der Waals surface area (Å²) in [5.41, 5.74) is 0. The molecule has 0 radical (unpaired) electrons. The lowest BCUT2D eigenvalue weighted by molar-refractivity contribution is 0.0712. The van der Waals surface area contributed by atoms with Gasteiger partial charge in [-0.15, -0.1) is 0 Å². The van der Waals surface area contributed by atoms with Crippen molar-refractivity contribution >= 4 is 0 Å². The van der Waals surface area contributed by atoms with Gasteiger partial charge >= 0.3 is 0 Å². The highest BCUT2D eigenvalue weighted by molar-refractivity contribution is 4.89. The molecule has 0 saturated heterocycles. The molecular weight excluding hydrogens is 196 g/mol. The fourth-order valence-corrected chi connectivity index (χ4v) is 2.51. The van der Waals surface area contributed by atoms with Gasteiger partial charge in [0, 0.05) is 18.6 Å². The molecule has 0 aromatic carbocycles. The molecule has 3 unspecified atom stereocenters. The third kappa shape index (κ3) is 4.06. The summed E-state index contributed by atoms with van der Waals surface area (Å²) in [5, 5.41) is 3.57. The first-order chi connectivity index (χ1) is 7.54. The molecule has 16 heavy (non-hydrogen) atoms. The number of hydrogen-bond donors (Lipinski definition) is 1. The molecule has 0 spiro atoms. The zero-order chi connectivity index (χ0) is 12.1. The van der Waals surface area contributed by atoms with E-state index in [-0.39, 0.29) is 0 Å². The van der Waals surface area contributed by atoms with E-state index in [0.29, 0.717) is 6.04 Å². The van der Waals surface area contributed by atoms with Crippen molar-refractivity contribution in [1.82, 2.24) is 10.2 Å². The largest absolute Gasteiger partial charge is 0.314 e. The van der Waals surface area contributed by atoms with E-state index in [2.05, 4.69) is 45.0 Å². The first-order valence-corrected chi connectivity index (χ1v) is 6.98. The molecule has 0 bridgehead atoms. The van der Waals surface area contributed by atoms with Crippen LogP contribution in [0.1, 0.15) is 47.0 Å². The van der Waals surface area contributed by atoms with Crippen LogP contribution in [0.15, 0.2) is 0 Å². The van der Waals surface area contributed by atoms with Crippen molar-refractivity contribution in [2.75, 3.05) is 20.1 Å². The van der Waals surface area contributed by atoms with E-state index in [0.717, 1.165) is 17.9 Å². The Morgan fingerprint density at radius 1 is 1.25 bits per heavy atom. The summed E-state index contributed by atoms with van der Waals surface area (Å²) in [7, 11) is 2.30. The van der Waals surface area contributed by atoms with E-state index < -0.39 is 0 Å². The van der Waals surface area contributed by atoms with Crippen molar-refractivity contribution < 1.29 is 0 Å². The van der Waals surface area contributed by atoms with Crippen LogP contribution in [-0.2, 0) is 0 Å². The molecule has 1 aliphatic carbocycles. The highest BCUT2D eigenvalue weighted by atomic mass is 15.1. The average Bonchev–Trinajstić information content (AvgIpc) is 2.15. The van der Waals surface area contributed by atoms with Crippen LogP contribution in [0.5, 0.6) is 0 Å². The van der Waals surface area contributed by atoms with Gasteiger partial charge in [-0.05, 0) is 38.3 Å². The highest BCUT2D eigenvalue weighted by Gasteiger charge is 2.33. The van der Waals surface area contributed by atoms with Gasteiger partial charge in [-0.25, -0.2) is 0 Å². The first kappa shape index (κ1) is 14.0. The smallest absolute Gasteiger partial charge is 0.0133 e.